The average Bonchev–Trinajstić information content (AvgIpc) is 3.06. The van der Waals surface area contributed by atoms with Crippen LogP contribution in [-0.2, 0) is 26.0 Å². The van der Waals surface area contributed by atoms with E-state index in [2.05, 4.69) is 5.32 Å². The first-order chi connectivity index (χ1) is 21.3. The van der Waals surface area contributed by atoms with Gasteiger partial charge in [0.2, 0.25) is 11.8 Å². The molecule has 0 unspecified atom stereocenters. The molecule has 1 N–H and O–H groups in total. The van der Waals surface area contributed by atoms with E-state index in [4.69, 9.17) is 9.47 Å². The number of carbonyl (C=O) groups excluding carboxylic acids is 2. The van der Waals surface area contributed by atoms with Gasteiger partial charge in [0.15, 0.2) is 11.5 Å². The fourth-order valence-electron chi connectivity index (χ4n) is 5.67. The van der Waals surface area contributed by atoms with Gasteiger partial charge in [0.25, 0.3) is 10.0 Å². The van der Waals surface area contributed by atoms with Crippen molar-refractivity contribution >= 4 is 27.5 Å². The minimum atomic E-state index is -4.18. The van der Waals surface area contributed by atoms with Crippen LogP contribution in [0.4, 0.5) is 5.69 Å². The van der Waals surface area contributed by atoms with E-state index in [0.717, 1.165) is 42.0 Å². The van der Waals surface area contributed by atoms with Gasteiger partial charge >= 0.3 is 0 Å². The van der Waals surface area contributed by atoms with E-state index in [-0.39, 0.29) is 29.1 Å². The first-order valence-electron chi connectivity index (χ1n) is 15.2. The van der Waals surface area contributed by atoms with Crippen LogP contribution in [0.25, 0.3) is 0 Å². The smallest absolute Gasteiger partial charge is 0.264 e. The van der Waals surface area contributed by atoms with Crippen LogP contribution in [0.15, 0.2) is 83.8 Å². The first kappa shape index (κ1) is 32.9. The minimum Gasteiger partial charge on any atom is -0.493 e. The lowest BCUT2D eigenvalue weighted by atomic mass is 9.95. The molecule has 9 nitrogen and oxygen atoms in total. The Kier molecular flexibility index (Phi) is 11.7. The van der Waals surface area contributed by atoms with E-state index >= 15 is 0 Å². The first-order valence-corrected chi connectivity index (χ1v) is 16.7. The van der Waals surface area contributed by atoms with Gasteiger partial charge in [0.1, 0.15) is 12.6 Å². The predicted molar refractivity (Wildman–Crippen MR) is 171 cm³/mol. The van der Waals surface area contributed by atoms with Gasteiger partial charge in [-0.1, -0.05) is 74.7 Å². The van der Waals surface area contributed by atoms with E-state index in [9.17, 15) is 18.0 Å². The van der Waals surface area contributed by atoms with Gasteiger partial charge in [-0.15, -0.1) is 0 Å². The molecule has 1 aliphatic rings. The highest BCUT2D eigenvalue weighted by molar-refractivity contribution is 7.92. The van der Waals surface area contributed by atoms with Crippen LogP contribution in [0.2, 0.25) is 0 Å². The monoisotopic (exact) mass is 621 g/mol. The number of methoxy groups -OCH3 is 2. The molecule has 0 heterocycles. The van der Waals surface area contributed by atoms with Crippen LogP contribution >= 0.6 is 0 Å². The number of amides is 2. The Hall–Kier alpha value is -4.05. The molecule has 44 heavy (non-hydrogen) atoms. The number of carbonyl (C=O) groups is 2. The van der Waals surface area contributed by atoms with Crippen LogP contribution in [0.5, 0.6) is 11.5 Å². The lowest BCUT2D eigenvalue weighted by molar-refractivity contribution is -0.140. The lowest BCUT2D eigenvalue weighted by Crippen LogP contribution is -2.54. The van der Waals surface area contributed by atoms with Crippen molar-refractivity contribution < 1.29 is 27.5 Å². The summed E-state index contributed by atoms with van der Waals surface area (Å²) in [4.78, 5) is 29.5. The van der Waals surface area contributed by atoms with Crippen molar-refractivity contribution in [2.75, 3.05) is 31.6 Å². The SMILES string of the molecule is CC[C@H](C(=O)NC1CCCCC1)N(CCc1ccccc1)C(=O)CN(c1ccc(OC)c(OC)c1)S(=O)(=O)c1ccccc1. The third-order valence-corrected chi connectivity index (χ3v) is 9.87. The second kappa shape index (κ2) is 15.6. The third-order valence-electron chi connectivity index (χ3n) is 8.09. The molecule has 3 aromatic rings. The summed E-state index contributed by atoms with van der Waals surface area (Å²) in [6.45, 7) is 1.63. The van der Waals surface area contributed by atoms with Crippen molar-refractivity contribution in [1.82, 2.24) is 10.2 Å². The number of ether oxygens (including phenoxy) is 2. The standard InChI is InChI=1S/C34H43N3O6S/c1-4-30(34(39)35-27-16-10-6-11-17-27)36(23-22-26-14-8-5-9-15-26)33(38)25-37(44(40,41)29-18-12-7-13-19-29)28-20-21-31(42-2)32(24-28)43-3/h5,7-9,12-15,18-21,24,27,30H,4,6,10-11,16-17,22-23,25H2,1-3H3,(H,35,39)/t30-/m1/s1. The van der Waals surface area contributed by atoms with E-state index < -0.39 is 28.5 Å². The molecule has 3 aromatic carbocycles. The van der Waals surface area contributed by atoms with Gasteiger partial charge in [-0.2, -0.15) is 0 Å². The summed E-state index contributed by atoms with van der Waals surface area (Å²) in [5.74, 6) is 0.0738. The molecule has 2 amide bonds. The molecule has 0 aliphatic heterocycles. The Balaban J connectivity index is 1.70. The molecule has 1 fully saturated rings. The second-order valence-corrected chi connectivity index (χ2v) is 12.8. The number of nitrogens with one attached hydrogen (secondary N) is 1. The molecule has 4 rings (SSSR count). The number of nitrogens with zero attached hydrogens (tertiary/aromatic N) is 2. The van der Waals surface area contributed by atoms with Gasteiger partial charge in [0.05, 0.1) is 24.8 Å². The molecular formula is C34H43N3O6S. The second-order valence-electron chi connectivity index (χ2n) is 11.0. The van der Waals surface area contributed by atoms with Crippen molar-refractivity contribution in [3.8, 4) is 11.5 Å². The van der Waals surface area contributed by atoms with Gasteiger partial charge < -0.3 is 19.7 Å². The maximum Gasteiger partial charge on any atom is 0.264 e. The van der Waals surface area contributed by atoms with Crippen LogP contribution < -0.4 is 19.1 Å². The van der Waals surface area contributed by atoms with Gasteiger partial charge in [-0.3, -0.25) is 13.9 Å². The van der Waals surface area contributed by atoms with Gasteiger partial charge in [-0.05, 0) is 55.5 Å². The molecule has 1 aliphatic carbocycles. The molecule has 0 bridgehead atoms. The van der Waals surface area contributed by atoms with Crippen LogP contribution in [0.3, 0.4) is 0 Å². The van der Waals surface area contributed by atoms with Crippen LogP contribution in [-0.4, -0.2) is 64.5 Å². The van der Waals surface area contributed by atoms with Crippen LogP contribution in [0, 0.1) is 0 Å². The van der Waals surface area contributed by atoms with Crippen molar-refractivity contribution in [2.24, 2.45) is 0 Å². The Morgan fingerprint density at radius 2 is 1.52 bits per heavy atom. The van der Waals surface area contributed by atoms with E-state index in [1.165, 1.54) is 32.4 Å². The molecule has 0 spiro atoms. The summed E-state index contributed by atoms with van der Waals surface area (Å²) in [5.41, 5.74) is 1.25. The minimum absolute atomic E-state index is 0.0421. The largest absolute Gasteiger partial charge is 0.493 e. The number of hydrogen-bond acceptors (Lipinski definition) is 6. The van der Waals surface area contributed by atoms with Crippen molar-refractivity contribution in [3.63, 3.8) is 0 Å². The van der Waals surface area contributed by atoms with E-state index in [1.54, 1.807) is 35.2 Å². The topological polar surface area (TPSA) is 105 Å². The fraction of sp³-hybridized carbons (Fsp3) is 0.412. The number of rotatable bonds is 14. The summed E-state index contributed by atoms with van der Waals surface area (Å²) in [7, 11) is -1.22. The third kappa shape index (κ3) is 8.11. The summed E-state index contributed by atoms with van der Waals surface area (Å²) in [6.07, 6.45) is 6.03. The molecule has 0 radical (unpaired) electrons. The molecule has 1 saturated carbocycles. The Bertz CT molecular complexity index is 1480. The lowest BCUT2D eigenvalue weighted by Gasteiger charge is -2.34. The average molecular weight is 622 g/mol. The fourth-order valence-corrected chi connectivity index (χ4v) is 7.10. The number of hydrogen-bond donors (Lipinski definition) is 1. The summed E-state index contributed by atoms with van der Waals surface area (Å²) >= 11 is 0. The highest BCUT2D eigenvalue weighted by Gasteiger charge is 2.34. The van der Waals surface area contributed by atoms with Gasteiger partial charge in [-0.25, -0.2) is 8.42 Å². The highest BCUT2D eigenvalue weighted by Crippen LogP contribution is 2.34. The Morgan fingerprint density at radius 3 is 2.14 bits per heavy atom. The molecule has 0 aromatic heterocycles. The van der Waals surface area contributed by atoms with Gasteiger partial charge in [0, 0.05) is 18.7 Å². The Labute approximate surface area is 261 Å². The number of benzene rings is 3. The maximum atomic E-state index is 14.3. The van der Waals surface area contributed by atoms with E-state index in [0.29, 0.717) is 24.3 Å². The zero-order valence-corrected chi connectivity index (χ0v) is 26.6. The molecular weight excluding hydrogens is 578 g/mol. The van der Waals surface area contributed by atoms with Crippen molar-refractivity contribution in [2.45, 2.75) is 68.8 Å². The van der Waals surface area contributed by atoms with E-state index in [1.807, 2.05) is 37.3 Å². The summed E-state index contributed by atoms with van der Waals surface area (Å²) in [6, 6.07) is 21.8. The molecule has 236 valence electrons. The molecule has 10 heteroatoms. The Morgan fingerprint density at radius 1 is 0.886 bits per heavy atom. The number of sulfonamides is 1. The van der Waals surface area contributed by atoms with Crippen LogP contribution in [0.1, 0.15) is 51.0 Å². The highest BCUT2D eigenvalue weighted by atomic mass is 32.2. The zero-order valence-electron chi connectivity index (χ0n) is 25.8. The maximum absolute atomic E-state index is 14.3. The van der Waals surface area contributed by atoms with Crippen molar-refractivity contribution in [3.05, 3.63) is 84.4 Å². The zero-order chi connectivity index (χ0) is 31.5. The summed E-state index contributed by atoms with van der Waals surface area (Å²) < 4.78 is 40.0. The molecule has 0 saturated heterocycles. The van der Waals surface area contributed by atoms with Crippen molar-refractivity contribution in [1.29, 1.82) is 0 Å². The normalized spacial score (nSPS) is 14.3. The predicted octanol–water partition coefficient (Wildman–Crippen LogP) is 5.20. The molecule has 1 atom stereocenters. The summed E-state index contributed by atoms with van der Waals surface area (Å²) in [5, 5.41) is 3.18. The number of anilines is 1. The quantitative estimate of drug-likeness (QED) is 0.265.